The summed E-state index contributed by atoms with van der Waals surface area (Å²) in [6, 6.07) is 3.81. The third-order valence-electron chi connectivity index (χ3n) is 4.07. The van der Waals surface area contributed by atoms with Crippen LogP contribution in [0.1, 0.15) is 44.9 Å². The molecule has 2 aliphatic rings. The zero-order chi connectivity index (χ0) is 9.97. The lowest BCUT2D eigenvalue weighted by Crippen LogP contribution is -2.40. The van der Waals surface area contributed by atoms with E-state index in [2.05, 4.69) is 18.0 Å². The maximum atomic E-state index is 9.05. The van der Waals surface area contributed by atoms with Gasteiger partial charge in [-0.05, 0) is 32.7 Å². The van der Waals surface area contributed by atoms with E-state index in [0.717, 1.165) is 12.5 Å². The summed E-state index contributed by atoms with van der Waals surface area (Å²) in [5.41, 5.74) is 0. The quantitative estimate of drug-likeness (QED) is 0.672. The van der Waals surface area contributed by atoms with Crippen molar-refractivity contribution >= 4 is 0 Å². The minimum atomic E-state index is 0.306. The molecule has 0 radical (unpaired) electrons. The first-order chi connectivity index (χ1) is 6.83. The van der Waals surface area contributed by atoms with Crippen molar-refractivity contribution in [1.82, 2.24) is 4.90 Å². The summed E-state index contributed by atoms with van der Waals surface area (Å²) in [6.07, 6.45) is 9.09. The Kier molecular flexibility index (Phi) is 3.08. The highest BCUT2D eigenvalue weighted by Gasteiger charge is 2.34. The molecule has 0 amide bonds. The van der Waals surface area contributed by atoms with Crippen molar-refractivity contribution < 1.29 is 0 Å². The van der Waals surface area contributed by atoms with E-state index >= 15 is 0 Å². The summed E-state index contributed by atoms with van der Waals surface area (Å²) in [6.45, 7) is 0. The van der Waals surface area contributed by atoms with Gasteiger partial charge in [0.1, 0.15) is 0 Å². The van der Waals surface area contributed by atoms with Crippen LogP contribution in [-0.2, 0) is 0 Å². The first-order valence-electron chi connectivity index (χ1n) is 5.94. The third-order valence-corrected chi connectivity index (χ3v) is 4.07. The summed E-state index contributed by atoms with van der Waals surface area (Å²) in [7, 11) is 2.23. The van der Waals surface area contributed by atoms with Crippen molar-refractivity contribution in [1.29, 1.82) is 5.26 Å². The minimum Gasteiger partial charge on any atom is -0.299 e. The molecular formula is C12H20N2. The highest BCUT2D eigenvalue weighted by atomic mass is 15.2. The number of nitriles is 1. The molecule has 0 N–H and O–H groups in total. The number of nitrogens with zero attached hydrogens (tertiary/aromatic N) is 2. The van der Waals surface area contributed by atoms with Crippen LogP contribution in [0, 0.1) is 17.2 Å². The van der Waals surface area contributed by atoms with E-state index in [4.69, 9.17) is 5.26 Å². The zero-order valence-electron chi connectivity index (χ0n) is 9.08. The maximum Gasteiger partial charge on any atom is 0.0672 e. The van der Waals surface area contributed by atoms with Gasteiger partial charge in [0.2, 0.25) is 0 Å². The summed E-state index contributed by atoms with van der Waals surface area (Å²) < 4.78 is 0. The van der Waals surface area contributed by atoms with Crippen LogP contribution in [0.15, 0.2) is 0 Å². The zero-order valence-corrected chi connectivity index (χ0v) is 9.08. The average Bonchev–Trinajstić information content (AvgIpc) is 2.87. The lowest BCUT2D eigenvalue weighted by atomic mass is 10.0. The second kappa shape index (κ2) is 4.31. The fraction of sp³-hybridized carbons (Fsp3) is 0.917. The average molecular weight is 192 g/mol. The smallest absolute Gasteiger partial charge is 0.0672 e. The summed E-state index contributed by atoms with van der Waals surface area (Å²) in [4.78, 5) is 2.51. The second-order valence-electron chi connectivity index (χ2n) is 4.84. The van der Waals surface area contributed by atoms with Crippen molar-refractivity contribution in [3.05, 3.63) is 0 Å². The van der Waals surface area contributed by atoms with Crippen LogP contribution in [-0.4, -0.2) is 24.0 Å². The highest BCUT2D eigenvalue weighted by molar-refractivity contribution is 4.98. The van der Waals surface area contributed by atoms with Gasteiger partial charge < -0.3 is 0 Å². The van der Waals surface area contributed by atoms with Gasteiger partial charge in [-0.1, -0.05) is 19.3 Å². The van der Waals surface area contributed by atoms with Gasteiger partial charge >= 0.3 is 0 Å². The Hall–Kier alpha value is -0.550. The molecule has 0 heterocycles. The SMILES string of the molecule is CN(C1CCCC1)C1CCCC1C#N. The molecule has 0 bridgehead atoms. The van der Waals surface area contributed by atoms with Crippen LogP contribution in [0.4, 0.5) is 0 Å². The standard InChI is InChI=1S/C12H20N2/c1-14(11-6-2-3-7-11)12-8-4-5-10(12)9-13/h10-12H,2-8H2,1H3. The summed E-state index contributed by atoms with van der Waals surface area (Å²) in [5.74, 6) is 0.306. The van der Waals surface area contributed by atoms with Gasteiger partial charge in [0.15, 0.2) is 0 Å². The predicted octanol–water partition coefficient (Wildman–Crippen LogP) is 2.55. The molecule has 0 aliphatic heterocycles. The van der Waals surface area contributed by atoms with Crippen molar-refractivity contribution in [3.8, 4) is 6.07 Å². The van der Waals surface area contributed by atoms with Crippen molar-refractivity contribution in [2.24, 2.45) is 5.92 Å². The molecule has 2 nitrogen and oxygen atoms in total. The molecule has 0 aromatic carbocycles. The van der Waals surface area contributed by atoms with E-state index in [0.29, 0.717) is 12.0 Å². The maximum absolute atomic E-state index is 9.05. The van der Waals surface area contributed by atoms with Gasteiger partial charge in [-0.3, -0.25) is 4.90 Å². The van der Waals surface area contributed by atoms with Crippen LogP contribution < -0.4 is 0 Å². The van der Waals surface area contributed by atoms with Crippen molar-refractivity contribution in [2.45, 2.75) is 57.0 Å². The molecule has 0 spiro atoms. The normalized spacial score (nSPS) is 33.8. The predicted molar refractivity (Wildman–Crippen MR) is 56.8 cm³/mol. The van der Waals surface area contributed by atoms with E-state index in [1.165, 1.54) is 38.5 Å². The molecule has 2 heteroatoms. The lowest BCUT2D eigenvalue weighted by Gasteiger charge is -2.32. The second-order valence-corrected chi connectivity index (χ2v) is 4.84. The number of hydrogen-bond donors (Lipinski definition) is 0. The van der Waals surface area contributed by atoms with Crippen LogP contribution in [0.5, 0.6) is 0 Å². The highest BCUT2D eigenvalue weighted by Crippen LogP contribution is 2.33. The monoisotopic (exact) mass is 192 g/mol. The molecule has 2 saturated carbocycles. The Morgan fingerprint density at radius 2 is 1.79 bits per heavy atom. The fourth-order valence-corrected chi connectivity index (χ4v) is 3.16. The molecule has 2 aliphatic carbocycles. The molecule has 0 saturated heterocycles. The van der Waals surface area contributed by atoms with Crippen LogP contribution in [0.3, 0.4) is 0 Å². The molecule has 0 aromatic heterocycles. The van der Waals surface area contributed by atoms with Gasteiger partial charge in [-0.25, -0.2) is 0 Å². The van der Waals surface area contributed by atoms with Gasteiger partial charge in [-0.2, -0.15) is 5.26 Å². The van der Waals surface area contributed by atoms with Crippen molar-refractivity contribution in [2.75, 3.05) is 7.05 Å². The van der Waals surface area contributed by atoms with E-state index in [1.807, 2.05) is 0 Å². The largest absolute Gasteiger partial charge is 0.299 e. The Balaban J connectivity index is 1.96. The van der Waals surface area contributed by atoms with E-state index in [9.17, 15) is 0 Å². The summed E-state index contributed by atoms with van der Waals surface area (Å²) in [5, 5.41) is 9.05. The number of hydrogen-bond acceptors (Lipinski definition) is 2. The molecular weight excluding hydrogens is 172 g/mol. The molecule has 78 valence electrons. The van der Waals surface area contributed by atoms with Crippen LogP contribution in [0.25, 0.3) is 0 Å². The molecule has 14 heavy (non-hydrogen) atoms. The van der Waals surface area contributed by atoms with E-state index in [1.54, 1.807) is 0 Å². The summed E-state index contributed by atoms with van der Waals surface area (Å²) >= 11 is 0. The number of rotatable bonds is 2. The third kappa shape index (κ3) is 1.79. The van der Waals surface area contributed by atoms with Crippen LogP contribution in [0.2, 0.25) is 0 Å². The molecule has 2 fully saturated rings. The minimum absolute atomic E-state index is 0.306. The fourth-order valence-electron chi connectivity index (χ4n) is 3.16. The van der Waals surface area contributed by atoms with Gasteiger partial charge in [0.05, 0.1) is 12.0 Å². The lowest BCUT2D eigenvalue weighted by molar-refractivity contribution is 0.158. The topological polar surface area (TPSA) is 27.0 Å². The molecule has 0 aromatic rings. The van der Waals surface area contributed by atoms with Gasteiger partial charge in [-0.15, -0.1) is 0 Å². The first-order valence-corrected chi connectivity index (χ1v) is 5.94. The molecule has 2 rings (SSSR count). The van der Waals surface area contributed by atoms with E-state index < -0.39 is 0 Å². The van der Waals surface area contributed by atoms with E-state index in [-0.39, 0.29) is 0 Å². The van der Waals surface area contributed by atoms with Crippen molar-refractivity contribution in [3.63, 3.8) is 0 Å². The van der Waals surface area contributed by atoms with Gasteiger partial charge in [0, 0.05) is 12.1 Å². The molecule has 2 atom stereocenters. The van der Waals surface area contributed by atoms with Crippen LogP contribution >= 0.6 is 0 Å². The first kappa shape index (κ1) is 9.98. The Morgan fingerprint density at radius 3 is 2.43 bits per heavy atom. The Morgan fingerprint density at radius 1 is 1.07 bits per heavy atom. The Labute approximate surface area is 86.9 Å². The molecule has 2 unspecified atom stereocenters. The van der Waals surface area contributed by atoms with Gasteiger partial charge in [0.25, 0.3) is 0 Å². The Bertz CT molecular complexity index is 225.